The molecule has 1 N–H and O–H groups in total. The molecular weight excluding hydrogens is 292 g/mol. The lowest BCUT2D eigenvalue weighted by atomic mass is 10.2. The normalized spacial score (nSPS) is 12.1. The maximum absolute atomic E-state index is 11.9. The molecule has 7 heteroatoms. The number of carbonyl (C=O) groups is 1. The SMILES string of the molecule is COCC(Cl)c1cnnn1CC(=O)NCc1ccccc1. The number of carbonyl (C=O) groups excluding carboxylic acids is 1. The summed E-state index contributed by atoms with van der Waals surface area (Å²) in [5.74, 6) is -0.146. The number of hydrogen-bond donors (Lipinski definition) is 1. The fourth-order valence-corrected chi connectivity index (χ4v) is 2.15. The van der Waals surface area contributed by atoms with E-state index in [9.17, 15) is 4.79 Å². The predicted octanol–water partition coefficient (Wildman–Crippen LogP) is 1.52. The fourth-order valence-electron chi connectivity index (χ4n) is 1.85. The summed E-state index contributed by atoms with van der Waals surface area (Å²) in [7, 11) is 1.57. The van der Waals surface area contributed by atoms with Crippen LogP contribution in [0, 0.1) is 0 Å². The molecule has 21 heavy (non-hydrogen) atoms. The Labute approximate surface area is 128 Å². The van der Waals surface area contributed by atoms with Crippen LogP contribution in [0.4, 0.5) is 0 Å². The van der Waals surface area contributed by atoms with Gasteiger partial charge >= 0.3 is 0 Å². The summed E-state index contributed by atoms with van der Waals surface area (Å²) < 4.78 is 6.47. The summed E-state index contributed by atoms with van der Waals surface area (Å²) >= 11 is 6.15. The van der Waals surface area contributed by atoms with Gasteiger partial charge in [-0.05, 0) is 5.56 Å². The first-order valence-corrected chi connectivity index (χ1v) is 6.96. The first kappa shape index (κ1) is 15.5. The van der Waals surface area contributed by atoms with Crippen molar-refractivity contribution >= 4 is 17.5 Å². The van der Waals surface area contributed by atoms with Gasteiger partial charge in [0.25, 0.3) is 0 Å². The molecule has 2 aromatic rings. The minimum Gasteiger partial charge on any atom is -0.383 e. The number of aromatic nitrogens is 3. The first-order chi connectivity index (χ1) is 10.2. The average Bonchev–Trinajstić information content (AvgIpc) is 2.95. The first-order valence-electron chi connectivity index (χ1n) is 6.52. The maximum Gasteiger partial charge on any atom is 0.242 e. The van der Waals surface area contributed by atoms with Crippen LogP contribution >= 0.6 is 11.6 Å². The molecule has 2 rings (SSSR count). The molecule has 1 atom stereocenters. The molecule has 112 valence electrons. The molecule has 0 aliphatic heterocycles. The number of benzene rings is 1. The van der Waals surface area contributed by atoms with E-state index in [-0.39, 0.29) is 17.8 Å². The molecule has 0 saturated heterocycles. The van der Waals surface area contributed by atoms with Gasteiger partial charge in [0.1, 0.15) is 11.9 Å². The zero-order valence-electron chi connectivity index (χ0n) is 11.7. The van der Waals surface area contributed by atoms with Crippen LogP contribution in [0.25, 0.3) is 0 Å². The topological polar surface area (TPSA) is 69.0 Å². The predicted molar refractivity (Wildman–Crippen MR) is 78.8 cm³/mol. The molecule has 1 amide bonds. The van der Waals surface area contributed by atoms with Crippen LogP contribution in [0.2, 0.25) is 0 Å². The van der Waals surface area contributed by atoms with Crippen molar-refractivity contribution in [3.05, 3.63) is 47.8 Å². The summed E-state index contributed by atoms with van der Waals surface area (Å²) in [6.07, 6.45) is 1.54. The van der Waals surface area contributed by atoms with Crippen molar-refractivity contribution in [1.29, 1.82) is 0 Å². The molecular formula is C14H17ClN4O2. The standard InChI is InChI=1S/C14H17ClN4O2/c1-21-10-12(15)13-8-17-18-19(13)9-14(20)16-7-11-5-3-2-4-6-11/h2-6,8,12H,7,9-10H2,1H3,(H,16,20). The Morgan fingerprint density at radius 1 is 1.43 bits per heavy atom. The number of halogens is 1. The second-order valence-corrected chi connectivity index (χ2v) is 5.03. The average molecular weight is 309 g/mol. The smallest absolute Gasteiger partial charge is 0.242 e. The molecule has 6 nitrogen and oxygen atoms in total. The summed E-state index contributed by atoms with van der Waals surface area (Å²) in [6.45, 7) is 0.891. The van der Waals surface area contributed by atoms with E-state index < -0.39 is 0 Å². The molecule has 1 aromatic carbocycles. The van der Waals surface area contributed by atoms with Crippen molar-refractivity contribution in [2.24, 2.45) is 0 Å². The van der Waals surface area contributed by atoms with E-state index in [2.05, 4.69) is 15.6 Å². The maximum atomic E-state index is 11.9. The van der Waals surface area contributed by atoms with E-state index in [0.717, 1.165) is 5.56 Å². The van der Waals surface area contributed by atoms with Crippen LogP contribution in [0.3, 0.4) is 0 Å². The highest BCUT2D eigenvalue weighted by Gasteiger charge is 2.16. The lowest BCUT2D eigenvalue weighted by Gasteiger charge is -2.11. The lowest BCUT2D eigenvalue weighted by molar-refractivity contribution is -0.122. The number of nitrogens with one attached hydrogen (secondary N) is 1. The van der Waals surface area contributed by atoms with Crippen molar-refractivity contribution in [3.8, 4) is 0 Å². The third-order valence-corrected chi connectivity index (χ3v) is 3.26. The number of rotatable bonds is 7. The molecule has 0 spiro atoms. The van der Waals surface area contributed by atoms with Crippen LogP contribution < -0.4 is 5.32 Å². The molecule has 1 aromatic heterocycles. The number of alkyl halides is 1. The molecule has 0 saturated carbocycles. The molecule has 0 aliphatic carbocycles. The third kappa shape index (κ3) is 4.54. The number of methoxy groups -OCH3 is 1. The second kappa shape index (κ2) is 7.75. The zero-order chi connectivity index (χ0) is 15.1. The Bertz CT molecular complexity index is 573. The number of amides is 1. The largest absolute Gasteiger partial charge is 0.383 e. The Balaban J connectivity index is 1.90. The van der Waals surface area contributed by atoms with Crippen LogP contribution in [0.15, 0.2) is 36.5 Å². The van der Waals surface area contributed by atoms with Gasteiger partial charge in [0.15, 0.2) is 0 Å². The zero-order valence-corrected chi connectivity index (χ0v) is 12.5. The monoisotopic (exact) mass is 308 g/mol. The van der Waals surface area contributed by atoms with E-state index >= 15 is 0 Å². The van der Waals surface area contributed by atoms with Crippen molar-refractivity contribution in [3.63, 3.8) is 0 Å². The summed E-state index contributed by atoms with van der Waals surface area (Å²) in [5, 5.41) is 10.1. The van der Waals surface area contributed by atoms with E-state index in [4.69, 9.17) is 16.3 Å². The highest BCUT2D eigenvalue weighted by Crippen LogP contribution is 2.18. The van der Waals surface area contributed by atoms with Gasteiger partial charge in [0.05, 0.1) is 18.5 Å². The fraction of sp³-hybridized carbons (Fsp3) is 0.357. The van der Waals surface area contributed by atoms with Crippen molar-refractivity contribution < 1.29 is 9.53 Å². The van der Waals surface area contributed by atoms with Crippen molar-refractivity contribution in [1.82, 2.24) is 20.3 Å². The van der Waals surface area contributed by atoms with Gasteiger partial charge in [-0.2, -0.15) is 0 Å². The summed E-state index contributed by atoms with van der Waals surface area (Å²) in [6, 6.07) is 9.70. The Hall–Kier alpha value is -1.92. The van der Waals surface area contributed by atoms with Crippen molar-refractivity contribution in [2.75, 3.05) is 13.7 Å². The molecule has 0 aliphatic rings. The minimum atomic E-state index is -0.382. The molecule has 0 fully saturated rings. The van der Waals surface area contributed by atoms with Crippen LogP contribution in [0.5, 0.6) is 0 Å². The van der Waals surface area contributed by atoms with Crippen molar-refractivity contribution in [2.45, 2.75) is 18.5 Å². The van der Waals surface area contributed by atoms with E-state index in [0.29, 0.717) is 18.8 Å². The molecule has 1 unspecified atom stereocenters. The lowest BCUT2D eigenvalue weighted by Crippen LogP contribution is -2.28. The van der Waals surface area contributed by atoms with E-state index in [1.165, 1.54) is 4.68 Å². The van der Waals surface area contributed by atoms with Gasteiger partial charge in [-0.25, -0.2) is 4.68 Å². The van der Waals surface area contributed by atoms with E-state index in [1.54, 1.807) is 13.3 Å². The molecule has 0 radical (unpaired) electrons. The highest BCUT2D eigenvalue weighted by molar-refractivity contribution is 6.20. The third-order valence-electron chi connectivity index (χ3n) is 2.91. The Morgan fingerprint density at radius 3 is 2.90 bits per heavy atom. The van der Waals surface area contributed by atoms with Gasteiger partial charge in [-0.3, -0.25) is 4.79 Å². The molecule has 0 bridgehead atoms. The Kier molecular flexibility index (Phi) is 5.71. The van der Waals surface area contributed by atoms with Gasteiger partial charge < -0.3 is 10.1 Å². The quantitative estimate of drug-likeness (QED) is 0.787. The van der Waals surface area contributed by atoms with Crippen LogP contribution in [-0.2, 0) is 22.6 Å². The van der Waals surface area contributed by atoms with E-state index in [1.807, 2.05) is 30.3 Å². The van der Waals surface area contributed by atoms with Gasteiger partial charge in [0, 0.05) is 13.7 Å². The second-order valence-electron chi connectivity index (χ2n) is 4.50. The van der Waals surface area contributed by atoms with Crippen LogP contribution in [0.1, 0.15) is 16.6 Å². The molecule has 1 heterocycles. The van der Waals surface area contributed by atoms with Gasteiger partial charge in [-0.1, -0.05) is 35.5 Å². The van der Waals surface area contributed by atoms with Gasteiger partial charge in [0.2, 0.25) is 5.91 Å². The summed E-state index contributed by atoms with van der Waals surface area (Å²) in [5.41, 5.74) is 1.70. The Morgan fingerprint density at radius 2 is 2.19 bits per heavy atom. The van der Waals surface area contributed by atoms with Gasteiger partial charge in [-0.15, -0.1) is 16.7 Å². The minimum absolute atomic E-state index is 0.0785. The number of ether oxygens (including phenoxy) is 1. The highest BCUT2D eigenvalue weighted by atomic mass is 35.5. The van der Waals surface area contributed by atoms with Crippen LogP contribution in [-0.4, -0.2) is 34.6 Å². The number of nitrogens with zero attached hydrogens (tertiary/aromatic N) is 3. The summed E-state index contributed by atoms with van der Waals surface area (Å²) in [4.78, 5) is 11.9. The number of hydrogen-bond acceptors (Lipinski definition) is 4.